The maximum atomic E-state index is 12.3. The summed E-state index contributed by atoms with van der Waals surface area (Å²) < 4.78 is 1.22. The molecule has 0 aliphatic carbocycles. The zero-order valence-corrected chi connectivity index (χ0v) is 13.8. The van der Waals surface area contributed by atoms with E-state index in [1.54, 1.807) is 18.3 Å². The lowest BCUT2D eigenvalue weighted by Crippen LogP contribution is -2.26. The predicted molar refractivity (Wildman–Crippen MR) is 93.5 cm³/mol. The van der Waals surface area contributed by atoms with Crippen molar-refractivity contribution < 1.29 is 9.72 Å². The van der Waals surface area contributed by atoms with Crippen molar-refractivity contribution in [1.29, 1.82) is 0 Å². The molecule has 2 heterocycles. The molecule has 2 aromatic heterocycles. The highest BCUT2D eigenvalue weighted by Crippen LogP contribution is 2.25. The van der Waals surface area contributed by atoms with Gasteiger partial charge in [-0.05, 0) is 35.7 Å². The van der Waals surface area contributed by atoms with Gasteiger partial charge in [-0.15, -0.1) is 11.3 Å². The highest BCUT2D eigenvalue weighted by atomic mass is 32.1. The number of nitro groups is 1. The van der Waals surface area contributed by atoms with E-state index in [0.717, 1.165) is 6.20 Å². The van der Waals surface area contributed by atoms with E-state index in [1.165, 1.54) is 21.7 Å². The fourth-order valence-electron chi connectivity index (χ4n) is 2.48. The van der Waals surface area contributed by atoms with Crippen LogP contribution in [-0.2, 0) is 6.42 Å². The van der Waals surface area contributed by atoms with Crippen LogP contribution < -0.4 is 5.32 Å². The van der Waals surface area contributed by atoms with Crippen LogP contribution in [-0.4, -0.2) is 22.4 Å². The summed E-state index contributed by atoms with van der Waals surface area (Å²) in [5, 5.41) is 16.9. The van der Waals surface area contributed by atoms with Crippen LogP contribution in [0.5, 0.6) is 0 Å². The number of aromatic nitrogens is 1. The third-order valence-corrected chi connectivity index (χ3v) is 4.78. The van der Waals surface area contributed by atoms with E-state index in [-0.39, 0.29) is 17.2 Å². The normalized spacial score (nSPS) is 10.7. The van der Waals surface area contributed by atoms with Crippen molar-refractivity contribution in [1.82, 2.24) is 10.3 Å². The van der Waals surface area contributed by atoms with E-state index in [2.05, 4.69) is 27.8 Å². The van der Waals surface area contributed by atoms with Gasteiger partial charge >= 0.3 is 0 Å². The molecule has 24 heavy (non-hydrogen) atoms. The van der Waals surface area contributed by atoms with Crippen LogP contribution in [0.3, 0.4) is 0 Å². The standard InChI is InChI=1S/C17H15N3O3S/c1-11-15(8-13(9-19-11)20(22)23)17(21)18-7-6-12-10-24-16-5-3-2-4-14(12)16/h2-5,8-10H,6-7H2,1H3,(H,18,21). The highest BCUT2D eigenvalue weighted by molar-refractivity contribution is 7.17. The topological polar surface area (TPSA) is 85.1 Å². The second-order valence-electron chi connectivity index (χ2n) is 5.35. The van der Waals surface area contributed by atoms with E-state index >= 15 is 0 Å². The van der Waals surface area contributed by atoms with Crippen LogP contribution in [0.4, 0.5) is 5.69 Å². The Labute approximate surface area is 142 Å². The number of benzene rings is 1. The van der Waals surface area contributed by atoms with Crippen LogP contribution in [0, 0.1) is 17.0 Å². The van der Waals surface area contributed by atoms with Crippen LogP contribution in [0.2, 0.25) is 0 Å². The molecule has 0 spiro atoms. The van der Waals surface area contributed by atoms with Gasteiger partial charge in [0.15, 0.2) is 0 Å². The Hall–Kier alpha value is -2.80. The molecule has 1 aromatic carbocycles. The summed E-state index contributed by atoms with van der Waals surface area (Å²) >= 11 is 1.68. The first-order valence-electron chi connectivity index (χ1n) is 7.40. The third kappa shape index (κ3) is 3.26. The number of hydrogen-bond acceptors (Lipinski definition) is 5. The summed E-state index contributed by atoms with van der Waals surface area (Å²) in [4.78, 5) is 26.4. The summed E-state index contributed by atoms with van der Waals surface area (Å²) in [6.07, 6.45) is 1.86. The fraction of sp³-hybridized carbons (Fsp3) is 0.176. The lowest BCUT2D eigenvalue weighted by molar-refractivity contribution is -0.385. The van der Waals surface area contributed by atoms with Crippen molar-refractivity contribution in [3.05, 3.63) is 68.8 Å². The van der Waals surface area contributed by atoms with Gasteiger partial charge < -0.3 is 5.32 Å². The smallest absolute Gasteiger partial charge is 0.288 e. The van der Waals surface area contributed by atoms with Gasteiger partial charge in [0, 0.05) is 17.3 Å². The molecule has 0 bridgehead atoms. The summed E-state index contributed by atoms with van der Waals surface area (Å²) in [7, 11) is 0. The first-order chi connectivity index (χ1) is 11.6. The number of nitrogens with zero attached hydrogens (tertiary/aromatic N) is 2. The maximum Gasteiger partial charge on any atom is 0.288 e. The Morgan fingerprint density at radius 3 is 2.96 bits per heavy atom. The lowest BCUT2D eigenvalue weighted by Gasteiger charge is -2.07. The van der Waals surface area contributed by atoms with E-state index < -0.39 is 4.92 Å². The highest BCUT2D eigenvalue weighted by Gasteiger charge is 2.15. The van der Waals surface area contributed by atoms with Crippen LogP contribution in [0.1, 0.15) is 21.6 Å². The van der Waals surface area contributed by atoms with Crippen LogP contribution in [0.15, 0.2) is 41.9 Å². The quantitative estimate of drug-likeness (QED) is 0.568. The van der Waals surface area contributed by atoms with Gasteiger partial charge in [-0.3, -0.25) is 19.9 Å². The number of aryl methyl sites for hydroxylation is 1. The molecule has 0 atom stereocenters. The summed E-state index contributed by atoms with van der Waals surface area (Å²) in [6, 6.07) is 9.40. The minimum atomic E-state index is -0.555. The molecule has 1 N–H and O–H groups in total. The number of carbonyl (C=O) groups is 1. The summed E-state index contributed by atoms with van der Waals surface area (Å²) in [5.74, 6) is -0.344. The molecule has 122 valence electrons. The number of amides is 1. The Kier molecular flexibility index (Phi) is 4.52. The first-order valence-corrected chi connectivity index (χ1v) is 8.28. The number of thiophene rings is 1. The average Bonchev–Trinajstić information content (AvgIpc) is 2.98. The molecule has 0 radical (unpaired) electrons. The molecule has 3 rings (SSSR count). The number of pyridine rings is 1. The fourth-order valence-corrected chi connectivity index (χ4v) is 3.48. The van der Waals surface area contributed by atoms with Gasteiger partial charge in [0.2, 0.25) is 0 Å². The molecule has 1 amide bonds. The van der Waals surface area contributed by atoms with E-state index in [9.17, 15) is 14.9 Å². The number of rotatable bonds is 5. The van der Waals surface area contributed by atoms with Gasteiger partial charge in [0.25, 0.3) is 11.6 Å². The molecule has 0 aliphatic heterocycles. The maximum absolute atomic E-state index is 12.3. The Balaban J connectivity index is 1.68. The second-order valence-corrected chi connectivity index (χ2v) is 6.26. The summed E-state index contributed by atoms with van der Waals surface area (Å²) in [5.41, 5.74) is 1.71. The van der Waals surface area contributed by atoms with E-state index in [1.807, 2.05) is 12.1 Å². The molecular formula is C17H15N3O3S. The Bertz CT molecular complexity index is 920. The van der Waals surface area contributed by atoms with Crippen molar-refractivity contribution in [3.63, 3.8) is 0 Å². The minimum absolute atomic E-state index is 0.186. The average molecular weight is 341 g/mol. The minimum Gasteiger partial charge on any atom is -0.352 e. The predicted octanol–water partition coefficient (Wildman–Crippen LogP) is 3.49. The van der Waals surface area contributed by atoms with Crippen molar-refractivity contribution in [2.45, 2.75) is 13.3 Å². The van der Waals surface area contributed by atoms with Crippen molar-refractivity contribution in [3.8, 4) is 0 Å². The lowest BCUT2D eigenvalue weighted by atomic mass is 10.1. The van der Waals surface area contributed by atoms with Crippen molar-refractivity contribution in [2.75, 3.05) is 6.54 Å². The van der Waals surface area contributed by atoms with Crippen molar-refractivity contribution in [2.24, 2.45) is 0 Å². The molecule has 0 fully saturated rings. The molecule has 0 aliphatic rings. The third-order valence-electron chi connectivity index (χ3n) is 3.77. The molecule has 0 saturated carbocycles. The molecule has 7 heteroatoms. The zero-order valence-electron chi connectivity index (χ0n) is 13.0. The van der Waals surface area contributed by atoms with Crippen LogP contribution >= 0.6 is 11.3 Å². The number of nitrogens with one attached hydrogen (secondary N) is 1. The SMILES string of the molecule is Cc1ncc([N+](=O)[O-])cc1C(=O)NCCc1csc2ccccc12. The van der Waals surface area contributed by atoms with E-state index in [0.29, 0.717) is 18.7 Å². The van der Waals surface area contributed by atoms with Crippen molar-refractivity contribution >= 4 is 33.0 Å². The molecular weight excluding hydrogens is 326 g/mol. The zero-order chi connectivity index (χ0) is 17.1. The van der Waals surface area contributed by atoms with Gasteiger partial charge in [0.05, 0.1) is 16.2 Å². The molecule has 3 aromatic rings. The van der Waals surface area contributed by atoms with Gasteiger partial charge in [-0.2, -0.15) is 0 Å². The molecule has 0 saturated heterocycles. The largest absolute Gasteiger partial charge is 0.352 e. The summed E-state index contributed by atoms with van der Waals surface area (Å²) in [6.45, 7) is 2.12. The van der Waals surface area contributed by atoms with Gasteiger partial charge in [0.1, 0.15) is 6.20 Å². The van der Waals surface area contributed by atoms with Gasteiger partial charge in [-0.25, -0.2) is 0 Å². The number of fused-ring (bicyclic) bond motifs is 1. The van der Waals surface area contributed by atoms with Crippen LogP contribution in [0.25, 0.3) is 10.1 Å². The first kappa shape index (κ1) is 16.1. The monoisotopic (exact) mass is 341 g/mol. The number of hydrogen-bond donors (Lipinski definition) is 1. The molecule has 0 unspecified atom stereocenters. The Morgan fingerprint density at radius 1 is 1.38 bits per heavy atom. The van der Waals surface area contributed by atoms with E-state index in [4.69, 9.17) is 0 Å². The molecule has 6 nitrogen and oxygen atoms in total. The van der Waals surface area contributed by atoms with Gasteiger partial charge in [-0.1, -0.05) is 18.2 Å². The second kappa shape index (κ2) is 6.76. The number of carbonyl (C=O) groups excluding carboxylic acids is 1. The Morgan fingerprint density at radius 2 is 2.17 bits per heavy atom.